The fourth-order valence-electron chi connectivity index (χ4n) is 2.24. The molecule has 0 aliphatic carbocycles. The molecule has 1 aromatic heterocycles. The van der Waals surface area contributed by atoms with Crippen LogP contribution >= 0.6 is 11.6 Å². The SMILES string of the molecule is COC(=O)c1cccc(Nc2nncc(NCc3ccccc3Cl)n2)c1. The summed E-state index contributed by atoms with van der Waals surface area (Å²) in [6.07, 6.45) is 1.52. The number of halogens is 1. The van der Waals surface area contributed by atoms with Crippen LogP contribution in [0.3, 0.4) is 0 Å². The number of hydrogen-bond acceptors (Lipinski definition) is 7. The molecule has 0 bridgehead atoms. The Morgan fingerprint density at radius 2 is 2.04 bits per heavy atom. The van der Waals surface area contributed by atoms with Crippen LogP contribution in [-0.2, 0) is 11.3 Å². The summed E-state index contributed by atoms with van der Waals surface area (Å²) in [6.45, 7) is 0.510. The highest BCUT2D eigenvalue weighted by atomic mass is 35.5. The lowest BCUT2D eigenvalue weighted by Gasteiger charge is -2.09. The van der Waals surface area contributed by atoms with Gasteiger partial charge in [0.2, 0.25) is 5.95 Å². The van der Waals surface area contributed by atoms with Gasteiger partial charge in [-0.1, -0.05) is 35.9 Å². The van der Waals surface area contributed by atoms with Gasteiger partial charge in [-0.2, -0.15) is 10.1 Å². The van der Waals surface area contributed by atoms with Gasteiger partial charge in [-0.15, -0.1) is 5.10 Å². The van der Waals surface area contributed by atoms with Gasteiger partial charge in [0, 0.05) is 17.3 Å². The zero-order valence-corrected chi connectivity index (χ0v) is 14.7. The van der Waals surface area contributed by atoms with E-state index >= 15 is 0 Å². The molecule has 7 nitrogen and oxygen atoms in total. The van der Waals surface area contributed by atoms with E-state index in [2.05, 4.69) is 25.8 Å². The van der Waals surface area contributed by atoms with Crippen LogP contribution < -0.4 is 10.6 Å². The molecule has 2 aromatic carbocycles. The number of anilines is 3. The summed E-state index contributed by atoms with van der Waals surface area (Å²) >= 11 is 6.14. The number of methoxy groups -OCH3 is 1. The number of carbonyl (C=O) groups excluding carboxylic acids is 1. The largest absolute Gasteiger partial charge is 0.465 e. The summed E-state index contributed by atoms with van der Waals surface area (Å²) in [5.74, 6) is 0.436. The van der Waals surface area contributed by atoms with E-state index in [0.29, 0.717) is 34.6 Å². The van der Waals surface area contributed by atoms with E-state index in [1.807, 2.05) is 24.3 Å². The first-order valence-corrected chi connectivity index (χ1v) is 8.16. The molecule has 2 N–H and O–H groups in total. The highest BCUT2D eigenvalue weighted by Crippen LogP contribution is 2.18. The summed E-state index contributed by atoms with van der Waals surface area (Å²) in [5, 5.41) is 14.7. The molecule has 132 valence electrons. The average molecular weight is 370 g/mol. The van der Waals surface area contributed by atoms with Crippen molar-refractivity contribution in [2.45, 2.75) is 6.54 Å². The van der Waals surface area contributed by atoms with Gasteiger partial charge in [0.15, 0.2) is 5.82 Å². The van der Waals surface area contributed by atoms with Crippen molar-refractivity contribution in [3.05, 3.63) is 70.9 Å². The molecule has 0 aliphatic heterocycles. The molecule has 0 aliphatic rings. The zero-order chi connectivity index (χ0) is 18.4. The van der Waals surface area contributed by atoms with Crippen molar-refractivity contribution < 1.29 is 9.53 Å². The topological polar surface area (TPSA) is 89.0 Å². The molecule has 1 heterocycles. The summed E-state index contributed by atoms with van der Waals surface area (Å²) in [7, 11) is 1.34. The normalized spacial score (nSPS) is 10.2. The van der Waals surface area contributed by atoms with Gasteiger partial charge in [0.1, 0.15) is 0 Å². The molecular weight excluding hydrogens is 354 g/mol. The van der Waals surface area contributed by atoms with Gasteiger partial charge in [-0.25, -0.2) is 4.79 Å². The van der Waals surface area contributed by atoms with Crippen molar-refractivity contribution in [1.29, 1.82) is 0 Å². The predicted octanol–water partition coefficient (Wildman–Crippen LogP) is 3.67. The molecule has 0 saturated heterocycles. The van der Waals surface area contributed by atoms with Crippen LogP contribution in [0.5, 0.6) is 0 Å². The van der Waals surface area contributed by atoms with E-state index in [-0.39, 0.29) is 0 Å². The second-order valence-electron chi connectivity index (χ2n) is 5.31. The van der Waals surface area contributed by atoms with E-state index < -0.39 is 5.97 Å². The monoisotopic (exact) mass is 369 g/mol. The van der Waals surface area contributed by atoms with Crippen molar-refractivity contribution in [2.24, 2.45) is 0 Å². The maximum absolute atomic E-state index is 11.6. The smallest absolute Gasteiger partial charge is 0.337 e. The number of nitrogens with zero attached hydrogens (tertiary/aromatic N) is 3. The molecule has 0 spiro atoms. The average Bonchev–Trinajstić information content (AvgIpc) is 2.67. The van der Waals surface area contributed by atoms with Crippen LogP contribution in [0.15, 0.2) is 54.7 Å². The van der Waals surface area contributed by atoms with E-state index in [9.17, 15) is 4.79 Å². The van der Waals surface area contributed by atoms with Crippen LogP contribution in [0.4, 0.5) is 17.5 Å². The van der Waals surface area contributed by atoms with E-state index in [1.54, 1.807) is 24.3 Å². The van der Waals surface area contributed by atoms with Crippen LogP contribution in [0, 0.1) is 0 Å². The number of ether oxygens (including phenoxy) is 1. The number of carbonyl (C=O) groups is 1. The summed E-state index contributed by atoms with van der Waals surface area (Å²) < 4.78 is 4.71. The molecule has 0 atom stereocenters. The fraction of sp³-hybridized carbons (Fsp3) is 0.111. The third-order valence-corrected chi connectivity index (χ3v) is 3.89. The van der Waals surface area contributed by atoms with E-state index in [1.165, 1.54) is 13.3 Å². The maximum Gasteiger partial charge on any atom is 0.337 e. The van der Waals surface area contributed by atoms with Gasteiger partial charge in [0.25, 0.3) is 0 Å². The Balaban J connectivity index is 1.70. The van der Waals surface area contributed by atoms with Crippen LogP contribution in [0.25, 0.3) is 0 Å². The zero-order valence-electron chi connectivity index (χ0n) is 13.9. The van der Waals surface area contributed by atoms with E-state index in [4.69, 9.17) is 16.3 Å². The first-order valence-electron chi connectivity index (χ1n) is 7.78. The lowest BCUT2D eigenvalue weighted by atomic mass is 10.2. The summed E-state index contributed by atoms with van der Waals surface area (Å²) in [6, 6.07) is 14.4. The minimum Gasteiger partial charge on any atom is -0.465 e. The molecule has 0 fully saturated rings. The Kier molecular flexibility index (Phi) is 5.60. The molecule has 8 heteroatoms. The second kappa shape index (κ2) is 8.26. The summed E-state index contributed by atoms with van der Waals surface area (Å²) in [4.78, 5) is 16.0. The molecule has 0 saturated carbocycles. The number of benzene rings is 2. The second-order valence-corrected chi connectivity index (χ2v) is 5.71. The quantitative estimate of drug-likeness (QED) is 0.641. The predicted molar refractivity (Wildman–Crippen MR) is 99.7 cm³/mol. The van der Waals surface area contributed by atoms with Crippen molar-refractivity contribution >= 4 is 35.0 Å². The number of aromatic nitrogens is 3. The standard InChI is InChI=1S/C18H16ClN5O2/c1-26-17(25)12-6-4-7-14(9-12)22-18-23-16(11-21-24-18)20-10-13-5-2-3-8-15(13)19/h2-9,11H,10H2,1H3,(H2,20,22,23,24). The minimum absolute atomic E-state index is 0.302. The maximum atomic E-state index is 11.6. The fourth-order valence-corrected chi connectivity index (χ4v) is 2.44. The van der Waals surface area contributed by atoms with Gasteiger partial charge in [0.05, 0.1) is 18.9 Å². The number of hydrogen-bond donors (Lipinski definition) is 2. The number of nitrogens with one attached hydrogen (secondary N) is 2. The number of esters is 1. The Hall–Kier alpha value is -3.19. The molecule has 0 amide bonds. The molecule has 3 aromatic rings. The minimum atomic E-state index is -0.414. The van der Waals surface area contributed by atoms with Gasteiger partial charge >= 0.3 is 5.97 Å². The Bertz CT molecular complexity index is 919. The first kappa shape index (κ1) is 17.6. The Morgan fingerprint density at radius 3 is 2.85 bits per heavy atom. The molecule has 3 rings (SSSR count). The van der Waals surface area contributed by atoms with Crippen molar-refractivity contribution in [3.63, 3.8) is 0 Å². The lowest BCUT2D eigenvalue weighted by Crippen LogP contribution is -2.06. The third-order valence-electron chi connectivity index (χ3n) is 3.52. The summed E-state index contributed by atoms with van der Waals surface area (Å²) in [5.41, 5.74) is 2.03. The van der Waals surface area contributed by atoms with Crippen molar-refractivity contribution in [2.75, 3.05) is 17.7 Å². The molecule has 26 heavy (non-hydrogen) atoms. The molecule has 0 unspecified atom stereocenters. The Morgan fingerprint density at radius 1 is 1.19 bits per heavy atom. The van der Waals surface area contributed by atoms with Crippen LogP contribution in [-0.4, -0.2) is 28.3 Å². The highest BCUT2D eigenvalue weighted by Gasteiger charge is 2.07. The van der Waals surface area contributed by atoms with Crippen LogP contribution in [0.2, 0.25) is 5.02 Å². The molecule has 0 radical (unpaired) electrons. The third kappa shape index (κ3) is 4.46. The number of rotatable bonds is 6. The van der Waals surface area contributed by atoms with Crippen LogP contribution in [0.1, 0.15) is 15.9 Å². The van der Waals surface area contributed by atoms with E-state index in [0.717, 1.165) is 5.56 Å². The lowest BCUT2D eigenvalue weighted by molar-refractivity contribution is 0.0601. The van der Waals surface area contributed by atoms with Gasteiger partial charge in [-0.3, -0.25) is 0 Å². The molecular formula is C18H16ClN5O2. The Labute approximate surface area is 155 Å². The highest BCUT2D eigenvalue weighted by molar-refractivity contribution is 6.31. The van der Waals surface area contributed by atoms with Crippen molar-refractivity contribution in [1.82, 2.24) is 15.2 Å². The van der Waals surface area contributed by atoms with Gasteiger partial charge < -0.3 is 15.4 Å². The first-order chi connectivity index (χ1) is 12.7. The van der Waals surface area contributed by atoms with Crippen molar-refractivity contribution in [3.8, 4) is 0 Å². The van der Waals surface area contributed by atoms with Gasteiger partial charge in [-0.05, 0) is 29.8 Å².